The van der Waals surface area contributed by atoms with Crippen molar-refractivity contribution in [1.82, 2.24) is 19.6 Å². The maximum absolute atomic E-state index is 15.6. The van der Waals surface area contributed by atoms with Crippen LogP contribution in [0, 0.1) is 17.7 Å². The molecule has 0 radical (unpaired) electrons. The van der Waals surface area contributed by atoms with Crippen LogP contribution in [-0.2, 0) is 16.6 Å². The number of carbonyl (C=O) groups is 2. The molecule has 1 aromatic heterocycles. The number of benzene rings is 2. The number of aryl methyl sites for hydroxylation is 1. The first-order valence-corrected chi connectivity index (χ1v) is 13.8. The van der Waals surface area contributed by atoms with Crippen molar-refractivity contribution in [2.75, 3.05) is 19.6 Å². The molecule has 1 saturated carbocycles. The first-order valence-electron chi connectivity index (χ1n) is 13.8. The van der Waals surface area contributed by atoms with Gasteiger partial charge in [0, 0.05) is 44.4 Å². The van der Waals surface area contributed by atoms with Gasteiger partial charge in [-0.15, -0.1) is 0 Å². The normalized spacial score (nSPS) is 20.6. The molecular formula is C31H34FN5O2. The molecule has 0 spiro atoms. The lowest BCUT2D eigenvalue weighted by Gasteiger charge is -2.23. The van der Waals surface area contributed by atoms with Crippen molar-refractivity contribution in [3.63, 3.8) is 0 Å². The van der Waals surface area contributed by atoms with Crippen LogP contribution in [0.5, 0.6) is 0 Å². The molecule has 0 unspecified atom stereocenters. The molecule has 0 N–H and O–H groups in total. The first-order chi connectivity index (χ1) is 18.7. The van der Waals surface area contributed by atoms with Gasteiger partial charge in [0.1, 0.15) is 17.2 Å². The summed E-state index contributed by atoms with van der Waals surface area (Å²) in [7, 11) is 1.88. The zero-order chi connectivity index (χ0) is 27.3. The third kappa shape index (κ3) is 5.00. The zero-order valence-corrected chi connectivity index (χ0v) is 22.7. The standard InChI is InChI=1S/C31H34FN5O2/c1-31(2)30(39)37(15-13-20-12-14-36(18-20)29(38)23-8-9-23)28(34-31)26-11-10-24(16-27(26)32)21-4-6-22(7-5-21)25-17-33-35(3)19-25/h4-7,10-11,16-17,19-20,23H,8-9,12-15,18H2,1-3H3/t20-/m0/s1. The number of carbonyl (C=O) groups excluding carboxylic acids is 2. The van der Waals surface area contributed by atoms with Crippen molar-refractivity contribution in [1.29, 1.82) is 0 Å². The lowest BCUT2D eigenvalue weighted by atomic mass is 10.00. The molecule has 39 heavy (non-hydrogen) atoms. The van der Waals surface area contributed by atoms with Crippen LogP contribution in [0.25, 0.3) is 22.3 Å². The highest BCUT2D eigenvalue weighted by molar-refractivity contribution is 6.15. The average Bonchev–Trinajstić information content (AvgIpc) is 3.43. The molecule has 1 aliphatic carbocycles. The fraction of sp³-hybridized carbons (Fsp3) is 0.419. The van der Waals surface area contributed by atoms with Crippen LogP contribution in [0.4, 0.5) is 4.39 Å². The third-order valence-corrected chi connectivity index (χ3v) is 8.16. The molecule has 1 atom stereocenters. The van der Waals surface area contributed by atoms with Gasteiger partial charge in [-0.3, -0.25) is 24.2 Å². The summed E-state index contributed by atoms with van der Waals surface area (Å²) in [4.78, 5) is 34.0. The maximum atomic E-state index is 15.6. The topological polar surface area (TPSA) is 70.8 Å². The molecule has 7 nitrogen and oxygen atoms in total. The van der Waals surface area contributed by atoms with Crippen molar-refractivity contribution in [2.45, 2.75) is 45.1 Å². The zero-order valence-electron chi connectivity index (χ0n) is 22.7. The van der Waals surface area contributed by atoms with Crippen LogP contribution in [0.15, 0.2) is 59.9 Å². The van der Waals surface area contributed by atoms with Crippen LogP contribution in [0.3, 0.4) is 0 Å². The molecule has 2 fully saturated rings. The summed E-state index contributed by atoms with van der Waals surface area (Å²) in [5.74, 6) is 0.730. The Morgan fingerprint density at radius 3 is 2.36 bits per heavy atom. The van der Waals surface area contributed by atoms with Gasteiger partial charge in [-0.05, 0) is 74.3 Å². The van der Waals surface area contributed by atoms with Crippen LogP contribution in [-0.4, -0.2) is 62.4 Å². The number of halogens is 1. The van der Waals surface area contributed by atoms with Crippen molar-refractivity contribution < 1.29 is 14.0 Å². The molecule has 0 bridgehead atoms. The lowest BCUT2D eigenvalue weighted by Crippen LogP contribution is -2.41. The second-order valence-electron chi connectivity index (χ2n) is 11.6. The van der Waals surface area contributed by atoms with Gasteiger partial charge in [0.2, 0.25) is 5.91 Å². The van der Waals surface area contributed by atoms with Gasteiger partial charge in [0.25, 0.3) is 5.91 Å². The Kier molecular flexibility index (Phi) is 6.36. The van der Waals surface area contributed by atoms with Crippen LogP contribution >= 0.6 is 0 Å². The van der Waals surface area contributed by atoms with Gasteiger partial charge in [-0.25, -0.2) is 4.39 Å². The summed E-state index contributed by atoms with van der Waals surface area (Å²) in [5.41, 5.74) is 3.13. The molecule has 2 aromatic carbocycles. The largest absolute Gasteiger partial charge is 0.342 e. The second-order valence-corrected chi connectivity index (χ2v) is 11.6. The fourth-order valence-electron chi connectivity index (χ4n) is 5.68. The molecule has 2 amide bonds. The van der Waals surface area contributed by atoms with Crippen molar-refractivity contribution in [2.24, 2.45) is 23.9 Å². The van der Waals surface area contributed by atoms with Gasteiger partial charge in [-0.1, -0.05) is 30.3 Å². The molecule has 3 aliphatic rings. The van der Waals surface area contributed by atoms with Crippen molar-refractivity contribution >= 4 is 17.6 Å². The van der Waals surface area contributed by atoms with E-state index >= 15 is 4.39 Å². The van der Waals surface area contributed by atoms with Gasteiger partial charge >= 0.3 is 0 Å². The van der Waals surface area contributed by atoms with Crippen molar-refractivity contribution in [3.05, 3.63) is 66.2 Å². The van der Waals surface area contributed by atoms with Crippen molar-refractivity contribution in [3.8, 4) is 22.3 Å². The van der Waals surface area contributed by atoms with E-state index in [4.69, 9.17) is 0 Å². The fourth-order valence-corrected chi connectivity index (χ4v) is 5.68. The molecule has 2 aliphatic heterocycles. The minimum absolute atomic E-state index is 0.115. The minimum atomic E-state index is -0.938. The van der Waals surface area contributed by atoms with E-state index in [1.807, 2.05) is 54.7 Å². The summed E-state index contributed by atoms with van der Waals surface area (Å²) in [6.07, 6.45) is 7.50. The summed E-state index contributed by atoms with van der Waals surface area (Å²) in [6.45, 7) is 5.55. The average molecular weight is 528 g/mol. The molecule has 3 aromatic rings. The van der Waals surface area contributed by atoms with Crippen LogP contribution in [0.2, 0.25) is 0 Å². The number of hydrogen-bond donors (Lipinski definition) is 0. The maximum Gasteiger partial charge on any atom is 0.255 e. The molecule has 202 valence electrons. The van der Waals surface area contributed by atoms with Gasteiger partial charge in [0.15, 0.2) is 0 Å². The molecular weight excluding hydrogens is 493 g/mol. The minimum Gasteiger partial charge on any atom is -0.342 e. The number of aromatic nitrogens is 2. The van der Waals surface area contributed by atoms with Gasteiger partial charge < -0.3 is 4.90 Å². The Hall–Kier alpha value is -3.81. The van der Waals surface area contributed by atoms with E-state index in [-0.39, 0.29) is 17.7 Å². The number of aliphatic imine (C=N–C) groups is 1. The second kappa shape index (κ2) is 9.74. The molecule has 1 saturated heterocycles. The van der Waals surface area contributed by atoms with E-state index in [0.717, 1.165) is 61.0 Å². The first kappa shape index (κ1) is 25.5. The molecule has 6 rings (SSSR count). The predicted octanol–water partition coefficient (Wildman–Crippen LogP) is 4.91. The Bertz CT molecular complexity index is 1450. The summed E-state index contributed by atoms with van der Waals surface area (Å²) in [5, 5.41) is 4.22. The van der Waals surface area contributed by atoms with E-state index < -0.39 is 11.4 Å². The number of likely N-dealkylation sites (tertiary alicyclic amines) is 1. The number of amidine groups is 1. The van der Waals surface area contributed by atoms with E-state index in [9.17, 15) is 9.59 Å². The SMILES string of the molecule is Cn1cc(-c2ccc(-c3ccc(C4=NC(C)(C)C(=O)N4CC[C@@H]4CCN(C(=O)C5CC5)C4)c(F)c3)cc2)cn1. The number of rotatable bonds is 7. The number of amides is 2. The number of nitrogens with zero attached hydrogens (tertiary/aromatic N) is 5. The lowest BCUT2D eigenvalue weighted by molar-refractivity contribution is -0.132. The third-order valence-electron chi connectivity index (χ3n) is 8.16. The Labute approximate surface area is 228 Å². The van der Waals surface area contributed by atoms with E-state index in [1.54, 1.807) is 29.5 Å². The highest BCUT2D eigenvalue weighted by atomic mass is 19.1. The Morgan fingerprint density at radius 1 is 1.03 bits per heavy atom. The summed E-state index contributed by atoms with van der Waals surface area (Å²) >= 11 is 0. The van der Waals surface area contributed by atoms with E-state index in [0.29, 0.717) is 23.9 Å². The summed E-state index contributed by atoms with van der Waals surface area (Å²) < 4.78 is 17.3. The van der Waals surface area contributed by atoms with E-state index in [1.165, 1.54) is 6.07 Å². The Balaban J connectivity index is 1.17. The quantitative estimate of drug-likeness (QED) is 0.439. The van der Waals surface area contributed by atoms with Crippen LogP contribution < -0.4 is 0 Å². The van der Waals surface area contributed by atoms with Gasteiger partial charge in [-0.2, -0.15) is 5.10 Å². The highest BCUT2D eigenvalue weighted by Gasteiger charge is 2.42. The monoisotopic (exact) mass is 527 g/mol. The van der Waals surface area contributed by atoms with Gasteiger partial charge in [0.05, 0.1) is 11.8 Å². The smallest absolute Gasteiger partial charge is 0.255 e. The van der Waals surface area contributed by atoms with E-state index in [2.05, 4.69) is 10.1 Å². The molecule has 3 heterocycles. The highest BCUT2D eigenvalue weighted by Crippen LogP contribution is 2.34. The Morgan fingerprint density at radius 2 is 1.72 bits per heavy atom. The van der Waals surface area contributed by atoms with Crippen LogP contribution in [0.1, 0.15) is 45.1 Å². The summed E-state index contributed by atoms with van der Waals surface area (Å²) in [6, 6.07) is 13.1. The predicted molar refractivity (Wildman–Crippen MR) is 148 cm³/mol. The number of hydrogen-bond acceptors (Lipinski definition) is 4. The molecule has 8 heteroatoms.